The van der Waals surface area contributed by atoms with Crippen molar-refractivity contribution in [3.63, 3.8) is 0 Å². The van der Waals surface area contributed by atoms with Gasteiger partial charge in [0.25, 0.3) is 5.91 Å². The van der Waals surface area contributed by atoms with Crippen molar-refractivity contribution < 1.29 is 14.0 Å². The third kappa shape index (κ3) is 3.74. The van der Waals surface area contributed by atoms with Gasteiger partial charge in [-0.25, -0.2) is 0 Å². The number of piperidine rings is 1. The average Bonchev–Trinajstić information content (AvgIpc) is 3.38. The van der Waals surface area contributed by atoms with E-state index < -0.39 is 0 Å². The van der Waals surface area contributed by atoms with E-state index in [-0.39, 0.29) is 17.6 Å². The van der Waals surface area contributed by atoms with E-state index in [9.17, 15) is 9.59 Å². The summed E-state index contributed by atoms with van der Waals surface area (Å²) in [4.78, 5) is 29.5. The molecule has 0 saturated carbocycles. The van der Waals surface area contributed by atoms with Crippen LogP contribution in [0.5, 0.6) is 0 Å². The van der Waals surface area contributed by atoms with Crippen molar-refractivity contribution >= 4 is 22.7 Å². The van der Waals surface area contributed by atoms with Crippen molar-refractivity contribution in [2.75, 3.05) is 19.6 Å². The zero-order valence-electron chi connectivity index (χ0n) is 15.1. The highest BCUT2D eigenvalue weighted by molar-refractivity contribution is 5.91. The van der Waals surface area contributed by atoms with Crippen LogP contribution in [0.3, 0.4) is 0 Å². The van der Waals surface area contributed by atoms with Gasteiger partial charge in [-0.2, -0.15) is 0 Å². The number of para-hydroxylation sites is 1. The number of likely N-dealkylation sites (tertiary alicyclic amines) is 1. The first-order chi connectivity index (χ1) is 13.2. The highest BCUT2D eigenvalue weighted by Crippen LogP contribution is 2.33. The summed E-state index contributed by atoms with van der Waals surface area (Å²) in [5.41, 5.74) is 2.52. The molecule has 1 fully saturated rings. The molecule has 6 heteroatoms. The van der Waals surface area contributed by atoms with Crippen LogP contribution in [0.2, 0.25) is 0 Å². The molecule has 0 atom stereocenters. The molecule has 140 valence electrons. The number of nitrogens with zero attached hydrogens (tertiary/aromatic N) is 1. The van der Waals surface area contributed by atoms with Crippen LogP contribution in [0.1, 0.15) is 41.3 Å². The second-order valence-electron chi connectivity index (χ2n) is 6.93. The van der Waals surface area contributed by atoms with E-state index in [1.165, 1.54) is 22.7 Å². The Morgan fingerprint density at radius 2 is 1.96 bits per heavy atom. The van der Waals surface area contributed by atoms with Crippen LogP contribution in [0.25, 0.3) is 10.9 Å². The third-order valence-electron chi connectivity index (χ3n) is 5.28. The first kappa shape index (κ1) is 17.4. The zero-order chi connectivity index (χ0) is 18.6. The van der Waals surface area contributed by atoms with E-state index in [0.29, 0.717) is 18.9 Å². The lowest BCUT2D eigenvalue weighted by molar-refractivity contribution is -0.132. The van der Waals surface area contributed by atoms with Gasteiger partial charge in [0.05, 0.1) is 6.26 Å². The third-order valence-corrected chi connectivity index (χ3v) is 5.28. The molecule has 0 radical (unpaired) electrons. The minimum Gasteiger partial charge on any atom is -0.459 e. The molecule has 0 bridgehead atoms. The molecule has 1 saturated heterocycles. The number of aromatic amines is 1. The summed E-state index contributed by atoms with van der Waals surface area (Å²) in [6.45, 7) is 1.84. The van der Waals surface area contributed by atoms with E-state index in [1.807, 2.05) is 11.0 Å². The molecule has 1 aliphatic rings. The monoisotopic (exact) mass is 365 g/mol. The normalized spacial score (nSPS) is 15.2. The molecule has 3 aromatic rings. The Balaban J connectivity index is 1.26. The number of rotatable bonds is 5. The minimum atomic E-state index is -0.286. The highest BCUT2D eigenvalue weighted by atomic mass is 16.3. The van der Waals surface area contributed by atoms with E-state index in [0.717, 1.165) is 25.9 Å². The number of hydrogen-bond donors (Lipinski definition) is 2. The number of nitrogens with one attached hydrogen (secondary N) is 2. The summed E-state index contributed by atoms with van der Waals surface area (Å²) in [5.74, 6) is 0.545. The molecule has 2 amide bonds. The standard InChI is InChI=1S/C21H23N3O3/c25-20(7-10-22-21(26)19-6-3-13-27-19)24-11-8-15(9-12-24)17-14-23-18-5-2-1-4-16(17)18/h1-6,13-15,23H,7-12H2,(H,22,26). The Bertz CT molecular complexity index is 921. The van der Waals surface area contributed by atoms with Crippen LogP contribution in [0.15, 0.2) is 53.3 Å². The number of fused-ring (bicyclic) bond motifs is 1. The van der Waals surface area contributed by atoms with Gasteiger partial charge in [-0.1, -0.05) is 18.2 Å². The first-order valence-electron chi connectivity index (χ1n) is 9.38. The summed E-state index contributed by atoms with van der Waals surface area (Å²) in [6.07, 6.45) is 5.80. The molecule has 3 heterocycles. The molecule has 0 unspecified atom stereocenters. The van der Waals surface area contributed by atoms with Gasteiger partial charge < -0.3 is 19.6 Å². The number of H-pyrrole nitrogens is 1. The summed E-state index contributed by atoms with van der Waals surface area (Å²) >= 11 is 0. The molecule has 27 heavy (non-hydrogen) atoms. The largest absolute Gasteiger partial charge is 0.459 e. The average molecular weight is 365 g/mol. The predicted molar refractivity (Wildman–Crippen MR) is 103 cm³/mol. The number of amides is 2. The molecule has 0 spiro atoms. The Morgan fingerprint density at radius 1 is 1.15 bits per heavy atom. The van der Waals surface area contributed by atoms with Crippen LogP contribution >= 0.6 is 0 Å². The van der Waals surface area contributed by atoms with Crippen molar-refractivity contribution in [2.45, 2.75) is 25.2 Å². The molecule has 2 aromatic heterocycles. The number of aromatic nitrogens is 1. The fourth-order valence-electron chi connectivity index (χ4n) is 3.81. The SMILES string of the molecule is O=C(NCCC(=O)N1CCC(c2c[nH]c3ccccc23)CC1)c1ccco1. The Labute approximate surface area is 157 Å². The smallest absolute Gasteiger partial charge is 0.286 e. The van der Waals surface area contributed by atoms with Crippen molar-refractivity contribution in [1.29, 1.82) is 0 Å². The maximum absolute atomic E-state index is 12.4. The van der Waals surface area contributed by atoms with Crippen LogP contribution in [0.4, 0.5) is 0 Å². The second kappa shape index (κ2) is 7.70. The quantitative estimate of drug-likeness (QED) is 0.728. The van der Waals surface area contributed by atoms with Crippen LogP contribution in [-0.2, 0) is 4.79 Å². The predicted octanol–water partition coefficient (Wildman–Crippen LogP) is 3.29. The molecular weight excluding hydrogens is 342 g/mol. The lowest BCUT2D eigenvalue weighted by atomic mass is 9.89. The summed E-state index contributed by atoms with van der Waals surface area (Å²) in [6, 6.07) is 11.6. The summed E-state index contributed by atoms with van der Waals surface area (Å²) < 4.78 is 5.04. The maximum atomic E-state index is 12.4. The maximum Gasteiger partial charge on any atom is 0.286 e. The molecule has 2 N–H and O–H groups in total. The number of carbonyl (C=O) groups is 2. The number of furan rings is 1. The summed E-state index contributed by atoms with van der Waals surface area (Å²) in [5, 5.41) is 4.00. The Hall–Kier alpha value is -3.02. The van der Waals surface area contributed by atoms with E-state index in [1.54, 1.807) is 12.1 Å². The number of benzene rings is 1. The molecule has 0 aliphatic carbocycles. The highest BCUT2D eigenvalue weighted by Gasteiger charge is 2.25. The number of hydrogen-bond acceptors (Lipinski definition) is 3. The van der Waals surface area contributed by atoms with Crippen LogP contribution < -0.4 is 5.32 Å². The second-order valence-corrected chi connectivity index (χ2v) is 6.93. The van der Waals surface area contributed by atoms with Gasteiger partial charge in [-0.05, 0) is 42.5 Å². The molecule has 6 nitrogen and oxygen atoms in total. The Kier molecular flexibility index (Phi) is 4.96. The van der Waals surface area contributed by atoms with Crippen molar-refractivity contribution in [1.82, 2.24) is 15.2 Å². The van der Waals surface area contributed by atoms with Crippen molar-refractivity contribution in [3.8, 4) is 0 Å². The van der Waals surface area contributed by atoms with Gasteiger partial charge in [-0.15, -0.1) is 0 Å². The summed E-state index contributed by atoms with van der Waals surface area (Å²) in [7, 11) is 0. The van der Waals surface area contributed by atoms with Crippen molar-refractivity contribution in [3.05, 3.63) is 60.2 Å². The van der Waals surface area contributed by atoms with Gasteiger partial charge in [0.2, 0.25) is 5.91 Å². The van der Waals surface area contributed by atoms with E-state index in [2.05, 4.69) is 34.7 Å². The fourth-order valence-corrected chi connectivity index (χ4v) is 3.81. The molecule has 1 aromatic carbocycles. The molecule has 1 aliphatic heterocycles. The topological polar surface area (TPSA) is 78.3 Å². The fraction of sp³-hybridized carbons (Fsp3) is 0.333. The van der Waals surface area contributed by atoms with Crippen LogP contribution in [-0.4, -0.2) is 41.3 Å². The number of carbonyl (C=O) groups excluding carboxylic acids is 2. The van der Waals surface area contributed by atoms with Gasteiger partial charge >= 0.3 is 0 Å². The van der Waals surface area contributed by atoms with Gasteiger partial charge in [0.1, 0.15) is 0 Å². The lowest BCUT2D eigenvalue weighted by Crippen LogP contribution is -2.39. The van der Waals surface area contributed by atoms with Crippen molar-refractivity contribution in [2.24, 2.45) is 0 Å². The van der Waals surface area contributed by atoms with Gasteiger partial charge in [0, 0.05) is 43.2 Å². The van der Waals surface area contributed by atoms with E-state index >= 15 is 0 Å². The zero-order valence-corrected chi connectivity index (χ0v) is 15.1. The van der Waals surface area contributed by atoms with Crippen LogP contribution in [0, 0.1) is 0 Å². The van der Waals surface area contributed by atoms with E-state index in [4.69, 9.17) is 4.42 Å². The molecular formula is C21H23N3O3. The van der Waals surface area contributed by atoms with Gasteiger partial charge in [0.15, 0.2) is 5.76 Å². The molecule has 4 rings (SSSR count). The minimum absolute atomic E-state index is 0.0899. The van der Waals surface area contributed by atoms with Gasteiger partial charge in [-0.3, -0.25) is 9.59 Å². The Morgan fingerprint density at radius 3 is 2.74 bits per heavy atom. The first-order valence-corrected chi connectivity index (χ1v) is 9.38. The lowest BCUT2D eigenvalue weighted by Gasteiger charge is -2.32.